The summed E-state index contributed by atoms with van der Waals surface area (Å²) in [6.45, 7) is 0.632. The van der Waals surface area contributed by atoms with Gasteiger partial charge in [0.25, 0.3) is 0 Å². The Morgan fingerprint density at radius 2 is 1.65 bits per heavy atom. The Labute approximate surface area is 180 Å². The molecular formula is C23H27FN2O5. The number of carboxylic acids is 1. The molecule has 0 bridgehead atoms. The van der Waals surface area contributed by atoms with Crippen LogP contribution in [0, 0.1) is 5.82 Å². The van der Waals surface area contributed by atoms with Gasteiger partial charge in [0.2, 0.25) is 5.91 Å². The molecule has 2 aromatic carbocycles. The van der Waals surface area contributed by atoms with Crippen LogP contribution in [0.5, 0.6) is 0 Å². The van der Waals surface area contributed by atoms with E-state index in [9.17, 15) is 23.9 Å². The van der Waals surface area contributed by atoms with E-state index in [0.29, 0.717) is 31.4 Å². The molecule has 31 heavy (non-hydrogen) atoms. The number of unbranched alkanes of at least 4 members (excludes halogenated alkanes) is 2. The summed E-state index contributed by atoms with van der Waals surface area (Å²) in [5.41, 5.74) is 1.53. The number of halogens is 1. The Hall–Kier alpha value is -3.42. The standard InChI is InChI=1S/C23H27FN2O5/c24-19-12-10-17(11-13-19)15-20(22(28)29)26-21(27)9-5-2-6-14-25-23(30)31-16-18-7-3-1-4-8-18/h1,3-4,7-8,10-13,20H,2,5-6,9,14-16H2,(H,25,30)(H,26,27)(H,28,29)/t20-/m1/s1. The molecule has 7 nitrogen and oxygen atoms in total. The number of ether oxygens (including phenoxy) is 1. The summed E-state index contributed by atoms with van der Waals surface area (Å²) >= 11 is 0. The van der Waals surface area contributed by atoms with E-state index >= 15 is 0 Å². The van der Waals surface area contributed by atoms with Crippen LogP contribution in [0.1, 0.15) is 36.8 Å². The normalized spacial score (nSPS) is 11.4. The maximum absolute atomic E-state index is 13.0. The van der Waals surface area contributed by atoms with Gasteiger partial charge in [-0.05, 0) is 36.1 Å². The SMILES string of the molecule is O=C(CCCCCNC(=O)OCc1ccccc1)N[C@H](Cc1ccc(F)cc1)C(=O)O. The number of aliphatic carboxylic acids is 1. The molecule has 3 N–H and O–H groups in total. The van der Waals surface area contributed by atoms with Gasteiger partial charge in [-0.25, -0.2) is 14.0 Å². The maximum Gasteiger partial charge on any atom is 0.407 e. The summed E-state index contributed by atoms with van der Waals surface area (Å²) in [7, 11) is 0. The molecule has 0 aliphatic carbocycles. The zero-order valence-corrected chi connectivity index (χ0v) is 17.2. The highest BCUT2D eigenvalue weighted by Gasteiger charge is 2.20. The largest absolute Gasteiger partial charge is 0.480 e. The lowest BCUT2D eigenvalue weighted by Crippen LogP contribution is -2.42. The van der Waals surface area contributed by atoms with Crippen LogP contribution < -0.4 is 10.6 Å². The molecule has 2 rings (SSSR count). The zero-order chi connectivity index (χ0) is 22.5. The van der Waals surface area contributed by atoms with E-state index < -0.39 is 23.9 Å². The maximum atomic E-state index is 13.0. The number of amides is 2. The first kappa shape index (κ1) is 23.9. The molecule has 2 aromatic rings. The Balaban J connectivity index is 1.57. The molecule has 0 saturated heterocycles. The van der Waals surface area contributed by atoms with E-state index in [1.807, 2.05) is 30.3 Å². The third-order valence-corrected chi connectivity index (χ3v) is 4.55. The minimum Gasteiger partial charge on any atom is -0.480 e. The number of benzene rings is 2. The second-order valence-corrected chi connectivity index (χ2v) is 7.09. The number of hydrogen-bond acceptors (Lipinski definition) is 4. The van der Waals surface area contributed by atoms with Gasteiger partial charge in [-0.3, -0.25) is 4.79 Å². The van der Waals surface area contributed by atoms with Crippen molar-refractivity contribution >= 4 is 18.0 Å². The number of carbonyl (C=O) groups is 3. The zero-order valence-electron chi connectivity index (χ0n) is 17.2. The molecule has 1 atom stereocenters. The smallest absolute Gasteiger partial charge is 0.407 e. The fourth-order valence-electron chi connectivity index (χ4n) is 2.87. The van der Waals surface area contributed by atoms with E-state index in [0.717, 1.165) is 5.56 Å². The Kier molecular flexibility index (Phi) is 10.0. The van der Waals surface area contributed by atoms with E-state index in [1.165, 1.54) is 24.3 Å². The Morgan fingerprint density at radius 1 is 0.935 bits per heavy atom. The fraction of sp³-hybridized carbons (Fsp3) is 0.348. The summed E-state index contributed by atoms with van der Waals surface area (Å²) < 4.78 is 18.1. The monoisotopic (exact) mass is 430 g/mol. The number of hydrogen-bond donors (Lipinski definition) is 3. The van der Waals surface area contributed by atoms with Crippen molar-refractivity contribution in [1.29, 1.82) is 0 Å². The lowest BCUT2D eigenvalue weighted by molar-refractivity contribution is -0.141. The molecule has 166 valence electrons. The predicted molar refractivity (Wildman–Crippen MR) is 113 cm³/mol. The van der Waals surface area contributed by atoms with Crippen LogP contribution in [0.4, 0.5) is 9.18 Å². The molecule has 2 amide bonds. The average Bonchev–Trinajstić information content (AvgIpc) is 2.76. The minimum absolute atomic E-state index is 0.0797. The molecular weight excluding hydrogens is 403 g/mol. The van der Waals surface area contributed by atoms with Gasteiger partial charge in [0.15, 0.2) is 0 Å². The Morgan fingerprint density at radius 3 is 2.32 bits per heavy atom. The molecule has 0 radical (unpaired) electrons. The van der Waals surface area contributed by atoms with Crippen molar-refractivity contribution in [3.8, 4) is 0 Å². The van der Waals surface area contributed by atoms with E-state index in [1.54, 1.807) is 0 Å². The summed E-state index contributed by atoms with van der Waals surface area (Å²) in [4.78, 5) is 35.1. The second kappa shape index (κ2) is 13.0. The van der Waals surface area contributed by atoms with Gasteiger partial charge >= 0.3 is 12.1 Å². The van der Waals surface area contributed by atoms with Crippen LogP contribution in [-0.4, -0.2) is 35.7 Å². The lowest BCUT2D eigenvalue weighted by atomic mass is 10.1. The van der Waals surface area contributed by atoms with Gasteiger partial charge in [0, 0.05) is 19.4 Å². The Bertz CT molecular complexity index is 843. The fourth-order valence-corrected chi connectivity index (χ4v) is 2.87. The highest BCUT2D eigenvalue weighted by molar-refractivity contribution is 5.83. The van der Waals surface area contributed by atoms with Crippen molar-refractivity contribution < 1.29 is 28.6 Å². The van der Waals surface area contributed by atoms with E-state index in [2.05, 4.69) is 10.6 Å². The number of nitrogens with one attached hydrogen (secondary N) is 2. The number of carboxylic acid groups (broad SMARTS) is 1. The van der Waals surface area contributed by atoms with Crippen molar-refractivity contribution in [3.05, 3.63) is 71.5 Å². The second-order valence-electron chi connectivity index (χ2n) is 7.09. The van der Waals surface area contributed by atoms with Gasteiger partial charge in [0.1, 0.15) is 18.5 Å². The summed E-state index contributed by atoms with van der Waals surface area (Å²) in [5, 5.41) is 14.5. The minimum atomic E-state index is -1.14. The highest BCUT2D eigenvalue weighted by Crippen LogP contribution is 2.07. The first-order valence-corrected chi connectivity index (χ1v) is 10.1. The quantitative estimate of drug-likeness (QED) is 0.448. The van der Waals surface area contributed by atoms with Crippen LogP contribution in [-0.2, 0) is 27.4 Å². The molecule has 0 aliphatic rings. The van der Waals surface area contributed by atoms with Crippen molar-refractivity contribution in [1.82, 2.24) is 10.6 Å². The number of carbonyl (C=O) groups excluding carboxylic acids is 2. The molecule has 0 heterocycles. The molecule has 0 spiro atoms. The van der Waals surface area contributed by atoms with Gasteiger partial charge < -0.3 is 20.5 Å². The van der Waals surface area contributed by atoms with Gasteiger partial charge in [-0.1, -0.05) is 48.9 Å². The van der Waals surface area contributed by atoms with Crippen LogP contribution in [0.3, 0.4) is 0 Å². The molecule has 0 unspecified atom stereocenters. The topological polar surface area (TPSA) is 105 Å². The molecule has 0 aliphatic heterocycles. The van der Waals surface area contributed by atoms with Crippen LogP contribution in [0.15, 0.2) is 54.6 Å². The van der Waals surface area contributed by atoms with Crippen molar-refractivity contribution in [3.63, 3.8) is 0 Å². The third kappa shape index (κ3) is 9.75. The van der Waals surface area contributed by atoms with Crippen LogP contribution >= 0.6 is 0 Å². The van der Waals surface area contributed by atoms with Gasteiger partial charge in [0.05, 0.1) is 0 Å². The van der Waals surface area contributed by atoms with Crippen LogP contribution in [0.25, 0.3) is 0 Å². The molecule has 0 aromatic heterocycles. The third-order valence-electron chi connectivity index (χ3n) is 4.55. The lowest BCUT2D eigenvalue weighted by Gasteiger charge is -2.14. The summed E-state index contributed by atoms with van der Waals surface area (Å²) in [6.07, 6.45) is 1.71. The van der Waals surface area contributed by atoms with E-state index in [-0.39, 0.29) is 25.4 Å². The first-order chi connectivity index (χ1) is 14.9. The molecule has 0 fully saturated rings. The number of rotatable bonds is 12. The average molecular weight is 430 g/mol. The van der Waals surface area contributed by atoms with Gasteiger partial charge in [-0.15, -0.1) is 0 Å². The molecule has 8 heteroatoms. The summed E-state index contributed by atoms with van der Waals surface area (Å²) in [6, 6.07) is 13.8. The van der Waals surface area contributed by atoms with Crippen molar-refractivity contribution in [2.24, 2.45) is 0 Å². The highest BCUT2D eigenvalue weighted by atomic mass is 19.1. The van der Waals surface area contributed by atoms with Crippen LogP contribution in [0.2, 0.25) is 0 Å². The summed E-state index contributed by atoms with van der Waals surface area (Å²) in [5.74, 6) is -1.90. The van der Waals surface area contributed by atoms with Crippen molar-refractivity contribution in [2.45, 2.75) is 44.8 Å². The van der Waals surface area contributed by atoms with E-state index in [4.69, 9.17) is 4.74 Å². The van der Waals surface area contributed by atoms with Crippen molar-refractivity contribution in [2.75, 3.05) is 6.54 Å². The predicted octanol–water partition coefficient (Wildman–Crippen LogP) is 3.42. The molecule has 0 saturated carbocycles. The first-order valence-electron chi connectivity index (χ1n) is 10.1. The number of alkyl carbamates (subject to hydrolysis) is 1. The van der Waals surface area contributed by atoms with Gasteiger partial charge in [-0.2, -0.15) is 0 Å².